The highest BCUT2D eigenvalue weighted by molar-refractivity contribution is 5.95. The number of halogens is 2. The summed E-state index contributed by atoms with van der Waals surface area (Å²) in [5.74, 6) is -3.50. The summed E-state index contributed by atoms with van der Waals surface area (Å²) in [6.07, 6.45) is -1.23. The van der Waals surface area contributed by atoms with Crippen molar-refractivity contribution in [3.8, 4) is 6.07 Å². The van der Waals surface area contributed by atoms with E-state index < -0.39 is 40.9 Å². The van der Waals surface area contributed by atoms with Gasteiger partial charge in [0.2, 0.25) is 0 Å². The zero-order valence-electron chi connectivity index (χ0n) is 16.1. The van der Waals surface area contributed by atoms with Crippen LogP contribution in [0, 0.1) is 36.8 Å². The monoisotopic (exact) mass is 403 g/mol. The number of amides is 1. The number of para-hydroxylation sites is 1. The van der Waals surface area contributed by atoms with E-state index in [0.29, 0.717) is 16.8 Å². The van der Waals surface area contributed by atoms with E-state index in [1.807, 2.05) is 6.07 Å². The molecule has 0 radical (unpaired) electrons. The second-order valence-corrected chi connectivity index (χ2v) is 6.39. The van der Waals surface area contributed by atoms with Crippen LogP contribution < -0.4 is 10.9 Å². The number of nitriles is 1. The lowest BCUT2D eigenvalue weighted by atomic mass is 9.99. The molecule has 0 aliphatic rings. The fourth-order valence-corrected chi connectivity index (χ4v) is 2.80. The van der Waals surface area contributed by atoms with Gasteiger partial charge in [-0.1, -0.05) is 6.07 Å². The molecule has 29 heavy (non-hydrogen) atoms. The van der Waals surface area contributed by atoms with Crippen molar-refractivity contribution in [2.24, 2.45) is 0 Å². The molecule has 152 valence electrons. The Morgan fingerprint density at radius 1 is 1.28 bits per heavy atom. The Morgan fingerprint density at radius 3 is 2.48 bits per heavy atom. The number of aromatic nitrogens is 1. The molecule has 0 saturated carbocycles. The van der Waals surface area contributed by atoms with Crippen LogP contribution in [0.2, 0.25) is 0 Å². The Balaban J connectivity index is 2.00. The molecule has 0 saturated heterocycles. The lowest BCUT2D eigenvalue weighted by Crippen LogP contribution is -2.30. The summed E-state index contributed by atoms with van der Waals surface area (Å²) >= 11 is 0. The van der Waals surface area contributed by atoms with Crippen LogP contribution in [0.25, 0.3) is 0 Å². The summed E-state index contributed by atoms with van der Waals surface area (Å²) < 4.78 is 32.2. The Hall–Kier alpha value is -3.54. The standard InChI is InChI=1S/C20H19F2N3O4/c1-10-13(11(2)24-20(28)14(10)9-23)7-8-17(26)29-12(3)19(27)25-18-15(21)5-4-6-16(18)22/h4-6,12H,7-8H2,1-3H3,(H,24,28)(H,25,27)/t12-/m0/s1. The molecule has 2 aromatic rings. The Labute approximate surface area is 165 Å². The van der Waals surface area contributed by atoms with Crippen LogP contribution in [0.5, 0.6) is 0 Å². The van der Waals surface area contributed by atoms with E-state index in [4.69, 9.17) is 10.00 Å². The molecule has 1 atom stereocenters. The van der Waals surface area contributed by atoms with Crippen molar-refractivity contribution in [2.45, 2.75) is 39.7 Å². The van der Waals surface area contributed by atoms with Crippen molar-refractivity contribution in [3.63, 3.8) is 0 Å². The van der Waals surface area contributed by atoms with Crippen molar-refractivity contribution >= 4 is 17.6 Å². The molecule has 0 aliphatic heterocycles. The third kappa shape index (κ3) is 5.04. The lowest BCUT2D eigenvalue weighted by molar-refractivity contribution is -0.153. The highest BCUT2D eigenvalue weighted by Gasteiger charge is 2.21. The van der Waals surface area contributed by atoms with Crippen molar-refractivity contribution in [3.05, 3.63) is 62.6 Å². The number of carbonyl (C=O) groups excluding carboxylic acids is 2. The normalized spacial score (nSPS) is 11.4. The van der Waals surface area contributed by atoms with Crippen LogP contribution in [0.3, 0.4) is 0 Å². The van der Waals surface area contributed by atoms with Gasteiger partial charge in [-0.05, 0) is 50.5 Å². The molecule has 1 heterocycles. The molecule has 1 aromatic heterocycles. The number of anilines is 1. The summed E-state index contributed by atoms with van der Waals surface area (Å²) in [5.41, 5.74) is 0.480. The minimum atomic E-state index is -1.28. The smallest absolute Gasteiger partial charge is 0.306 e. The van der Waals surface area contributed by atoms with Gasteiger partial charge in [0, 0.05) is 12.1 Å². The molecule has 0 bridgehead atoms. The number of hydrogen-bond donors (Lipinski definition) is 2. The number of esters is 1. The van der Waals surface area contributed by atoms with Gasteiger partial charge in [0.25, 0.3) is 11.5 Å². The molecule has 0 aliphatic carbocycles. The first-order chi connectivity index (χ1) is 13.6. The van der Waals surface area contributed by atoms with Gasteiger partial charge in [-0.2, -0.15) is 5.26 Å². The largest absolute Gasteiger partial charge is 0.453 e. The maximum atomic E-state index is 13.6. The van der Waals surface area contributed by atoms with Gasteiger partial charge in [0.15, 0.2) is 6.10 Å². The molecular weight excluding hydrogens is 384 g/mol. The van der Waals surface area contributed by atoms with E-state index >= 15 is 0 Å². The second-order valence-electron chi connectivity index (χ2n) is 6.39. The van der Waals surface area contributed by atoms with Crippen LogP contribution >= 0.6 is 0 Å². The predicted molar refractivity (Wildman–Crippen MR) is 100 cm³/mol. The van der Waals surface area contributed by atoms with Gasteiger partial charge >= 0.3 is 5.97 Å². The summed E-state index contributed by atoms with van der Waals surface area (Å²) in [6.45, 7) is 4.53. The molecule has 1 amide bonds. The zero-order chi connectivity index (χ0) is 21.7. The van der Waals surface area contributed by atoms with Gasteiger partial charge in [0.1, 0.15) is 29.0 Å². The minimum absolute atomic E-state index is 0.0290. The molecular formula is C20H19F2N3O4. The van der Waals surface area contributed by atoms with Crippen molar-refractivity contribution in [2.75, 3.05) is 5.32 Å². The molecule has 1 aromatic carbocycles. The molecule has 0 spiro atoms. The fraction of sp³-hybridized carbons (Fsp3) is 0.300. The third-order valence-corrected chi connectivity index (χ3v) is 4.39. The first-order valence-corrected chi connectivity index (χ1v) is 8.72. The number of hydrogen-bond acceptors (Lipinski definition) is 5. The Morgan fingerprint density at radius 2 is 1.90 bits per heavy atom. The number of nitrogens with one attached hydrogen (secondary N) is 2. The van der Waals surface area contributed by atoms with Crippen LogP contribution in [0.1, 0.15) is 35.7 Å². The van der Waals surface area contributed by atoms with Gasteiger partial charge in [-0.3, -0.25) is 14.4 Å². The number of H-pyrrole nitrogens is 1. The van der Waals surface area contributed by atoms with E-state index in [9.17, 15) is 23.2 Å². The number of aromatic amines is 1. The SMILES string of the molecule is Cc1[nH]c(=O)c(C#N)c(C)c1CCC(=O)O[C@@H](C)C(=O)Nc1c(F)cccc1F. The van der Waals surface area contributed by atoms with Crippen LogP contribution in [0.15, 0.2) is 23.0 Å². The quantitative estimate of drug-likeness (QED) is 0.720. The average molecular weight is 403 g/mol. The Kier molecular flexibility index (Phi) is 6.83. The predicted octanol–water partition coefficient (Wildman–Crippen LogP) is 2.64. The second kappa shape index (κ2) is 9.10. The first-order valence-electron chi connectivity index (χ1n) is 8.72. The fourth-order valence-electron chi connectivity index (χ4n) is 2.80. The first kappa shape index (κ1) is 21.8. The lowest BCUT2D eigenvalue weighted by Gasteiger charge is -2.15. The maximum absolute atomic E-state index is 13.6. The van der Waals surface area contributed by atoms with Crippen LogP contribution in [-0.2, 0) is 20.7 Å². The minimum Gasteiger partial charge on any atom is -0.453 e. The maximum Gasteiger partial charge on any atom is 0.306 e. The third-order valence-electron chi connectivity index (χ3n) is 4.39. The summed E-state index contributed by atoms with van der Waals surface area (Å²) in [6, 6.07) is 4.95. The van der Waals surface area contributed by atoms with E-state index in [-0.39, 0.29) is 18.4 Å². The van der Waals surface area contributed by atoms with Crippen LogP contribution in [0.4, 0.5) is 14.5 Å². The number of pyridine rings is 1. The highest BCUT2D eigenvalue weighted by atomic mass is 19.1. The molecule has 2 N–H and O–H groups in total. The topological polar surface area (TPSA) is 112 Å². The number of nitrogens with zero attached hydrogens (tertiary/aromatic N) is 1. The zero-order valence-corrected chi connectivity index (χ0v) is 16.1. The number of ether oxygens (including phenoxy) is 1. The summed E-state index contributed by atoms with van der Waals surface area (Å²) in [7, 11) is 0. The molecule has 0 unspecified atom stereocenters. The number of carbonyl (C=O) groups is 2. The van der Waals surface area contributed by atoms with Gasteiger partial charge < -0.3 is 15.0 Å². The molecule has 0 fully saturated rings. The van der Waals surface area contributed by atoms with Crippen molar-refractivity contribution < 1.29 is 23.1 Å². The van der Waals surface area contributed by atoms with Gasteiger partial charge in [0.05, 0.1) is 0 Å². The van der Waals surface area contributed by atoms with Gasteiger partial charge in [-0.15, -0.1) is 0 Å². The number of aryl methyl sites for hydroxylation is 1. The van der Waals surface area contributed by atoms with Crippen molar-refractivity contribution in [1.29, 1.82) is 5.26 Å². The summed E-state index contributed by atoms with van der Waals surface area (Å²) in [4.78, 5) is 38.4. The van der Waals surface area contributed by atoms with E-state index in [1.54, 1.807) is 13.8 Å². The molecule has 7 nitrogen and oxygen atoms in total. The Bertz CT molecular complexity index is 1040. The molecule has 9 heteroatoms. The van der Waals surface area contributed by atoms with Crippen molar-refractivity contribution in [1.82, 2.24) is 4.98 Å². The number of rotatable bonds is 6. The highest BCUT2D eigenvalue weighted by Crippen LogP contribution is 2.19. The van der Waals surface area contributed by atoms with E-state index in [2.05, 4.69) is 10.3 Å². The number of benzene rings is 1. The van der Waals surface area contributed by atoms with Crippen LogP contribution in [-0.4, -0.2) is 23.0 Å². The summed E-state index contributed by atoms with van der Waals surface area (Å²) in [5, 5.41) is 11.1. The van der Waals surface area contributed by atoms with Gasteiger partial charge in [-0.25, -0.2) is 8.78 Å². The van der Waals surface area contributed by atoms with E-state index in [0.717, 1.165) is 18.2 Å². The van der Waals surface area contributed by atoms with E-state index in [1.165, 1.54) is 6.92 Å². The average Bonchev–Trinajstić information content (AvgIpc) is 2.64. The molecule has 2 rings (SSSR count).